The van der Waals surface area contributed by atoms with Crippen molar-refractivity contribution in [3.63, 3.8) is 0 Å². The van der Waals surface area contributed by atoms with E-state index in [0.29, 0.717) is 17.6 Å². The molecular formula is C14H13N3O2S. The Morgan fingerprint density at radius 1 is 1.30 bits per heavy atom. The predicted octanol–water partition coefficient (Wildman–Crippen LogP) is 3.02. The van der Waals surface area contributed by atoms with Gasteiger partial charge < -0.3 is 15.2 Å². The van der Waals surface area contributed by atoms with Gasteiger partial charge in [-0.3, -0.25) is 0 Å². The quantitative estimate of drug-likeness (QED) is 0.772. The van der Waals surface area contributed by atoms with Gasteiger partial charge in [0.15, 0.2) is 0 Å². The lowest BCUT2D eigenvalue weighted by Gasteiger charge is -2.08. The zero-order chi connectivity index (χ0) is 13.9. The molecule has 0 spiro atoms. The van der Waals surface area contributed by atoms with Gasteiger partial charge in [0.1, 0.15) is 10.6 Å². The monoisotopic (exact) mass is 287 g/mol. The van der Waals surface area contributed by atoms with Crippen molar-refractivity contribution in [3.8, 4) is 11.6 Å². The summed E-state index contributed by atoms with van der Waals surface area (Å²) in [7, 11) is 1.77. The Hall–Kier alpha value is -2.18. The molecule has 0 saturated carbocycles. The average Bonchev–Trinajstić information content (AvgIpc) is 2.96. The van der Waals surface area contributed by atoms with E-state index < -0.39 is 0 Å². The number of rotatable bonds is 4. The summed E-state index contributed by atoms with van der Waals surface area (Å²) in [5.41, 5.74) is 0.798. The van der Waals surface area contributed by atoms with Gasteiger partial charge in [-0.25, -0.2) is 4.98 Å². The van der Waals surface area contributed by atoms with Crippen LogP contribution in [0.15, 0.2) is 35.7 Å². The lowest BCUT2D eigenvalue weighted by atomic mass is 10.2. The summed E-state index contributed by atoms with van der Waals surface area (Å²) in [6.07, 6.45) is 0. The maximum absolute atomic E-state index is 9.16. The summed E-state index contributed by atoms with van der Waals surface area (Å²) in [5.74, 6) is 1.67. The number of aliphatic hydroxyl groups is 1. The second kappa shape index (κ2) is 5.44. The van der Waals surface area contributed by atoms with Crippen LogP contribution >= 0.6 is 11.3 Å². The van der Waals surface area contributed by atoms with Gasteiger partial charge in [0.2, 0.25) is 11.8 Å². The highest BCUT2D eigenvalue weighted by Gasteiger charge is 2.10. The number of hydrogen-bond donors (Lipinski definition) is 2. The number of ether oxygens (including phenoxy) is 1. The first-order chi connectivity index (χ1) is 9.80. The van der Waals surface area contributed by atoms with Crippen molar-refractivity contribution in [1.29, 1.82) is 0 Å². The zero-order valence-electron chi connectivity index (χ0n) is 10.8. The molecule has 6 heteroatoms. The van der Waals surface area contributed by atoms with E-state index in [4.69, 9.17) is 9.84 Å². The average molecular weight is 287 g/mol. The van der Waals surface area contributed by atoms with Crippen molar-refractivity contribution in [2.45, 2.75) is 6.61 Å². The first kappa shape index (κ1) is 12.8. The van der Waals surface area contributed by atoms with Gasteiger partial charge in [0.25, 0.3) is 0 Å². The smallest absolute Gasteiger partial charge is 0.232 e. The van der Waals surface area contributed by atoms with Crippen LogP contribution < -0.4 is 10.1 Å². The summed E-state index contributed by atoms with van der Waals surface area (Å²) in [4.78, 5) is 9.58. The van der Waals surface area contributed by atoms with E-state index in [1.165, 1.54) is 11.3 Å². The lowest BCUT2D eigenvalue weighted by molar-refractivity contribution is 0.281. The van der Waals surface area contributed by atoms with Crippen LogP contribution in [-0.2, 0) is 6.61 Å². The minimum Gasteiger partial charge on any atom is -0.438 e. The number of fused-ring (bicyclic) bond motifs is 1. The van der Waals surface area contributed by atoms with Crippen LogP contribution in [0.25, 0.3) is 10.2 Å². The first-order valence-electron chi connectivity index (χ1n) is 6.11. The van der Waals surface area contributed by atoms with Crippen LogP contribution in [0.3, 0.4) is 0 Å². The number of nitrogens with one attached hydrogen (secondary N) is 1. The molecule has 3 rings (SSSR count). The Labute approximate surface area is 119 Å². The van der Waals surface area contributed by atoms with Gasteiger partial charge >= 0.3 is 0 Å². The van der Waals surface area contributed by atoms with E-state index >= 15 is 0 Å². The van der Waals surface area contributed by atoms with E-state index in [0.717, 1.165) is 15.8 Å². The van der Waals surface area contributed by atoms with Crippen molar-refractivity contribution in [1.82, 2.24) is 9.97 Å². The van der Waals surface area contributed by atoms with Gasteiger partial charge in [-0.15, -0.1) is 11.3 Å². The number of hydrogen-bond acceptors (Lipinski definition) is 6. The molecule has 0 aliphatic heterocycles. The third-order valence-electron chi connectivity index (χ3n) is 2.81. The fraction of sp³-hybridized carbons (Fsp3) is 0.143. The van der Waals surface area contributed by atoms with Gasteiger partial charge in [-0.1, -0.05) is 12.1 Å². The Morgan fingerprint density at radius 3 is 3.00 bits per heavy atom. The zero-order valence-corrected chi connectivity index (χ0v) is 11.6. The number of thiophene rings is 1. The first-order valence-corrected chi connectivity index (χ1v) is 6.99. The second-order valence-electron chi connectivity index (χ2n) is 4.15. The fourth-order valence-electron chi connectivity index (χ4n) is 1.84. The molecule has 0 aliphatic carbocycles. The van der Waals surface area contributed by atoms with Crippen LogP contribution in [0.5, 0.6) is 11.6 Å². The number of benzene rings is 1. The van der Waals surface area contributed by atoms with Crippen LogP contribution in [0.1, 0.15) is 5.56 Å². The molecule has 1 aromatic carbocycles. The largest absolute Gasteiger partial charge is 0.438 e. The van der Waals surface area contributed by atoms with Crippen LogP contribution in [0.4, 0.5) is 5.95 Å². The van der Waals surface area contributed by atoms with Crippen LogP contribution in [0, 0.1) is 0 Å². The van der Waals surface area contributed by atoms with Gasteiger partial charge in [0, 0.05) is 7.05 Å². The molecule has 0 saturated heterocycles. The van der Waals surface area contributed by atoms with Crippen LogP contribution in [-0.4, -0.2) is 22.1 Å². The summed E-state index contributed by atoms with van der Waals surface area (Å²) in [6.45, 7) is -0.0173. The standard InChI is InChI=1S/C14H13N3O2S/c1-15-14-16-12(11-5-6-20-13(11)17-14)19-10-4-2-3-9(7-10)8-18/h2-7,18H,8H2,1H3,(H,15,16,17). The third-order valence-corrected chi connectivity index (χ3v) is 3.62. The maximum Gasteiger partial charge on any atom is 0.232 e. The van der Waals surface area contributed by atoms with E-state index in [1.54, 1.807) is 13.1 Å². The van der Waals surface area contributed by atoms with E-state index in [9.17, 15) is 0 Å². The molecule has 0 radical (unpaired) electrons. The summed E-state index contributed by atoms with van der Waals surface area (Å²) in [5, 5.41) is 14.9. The number of nitrogens with zero attached hydrogens (tertiary/aromatic N) is 2. The van der Waals surface area contributed by atoms with Crippen LogP contribution in [0.2, 0.25) is 0 Å². The SMILES string of the molecule is CNc1nc(Oc2cccc(CO)c2)c2ccsc2n1. The molecule has 5 nitrogen and oxygen atoms in total. The van der Waals surface area contributed by atoms with Crippen molar-refractivity contribution in [2.24, 2.45) is 0 Å². The summed E-state index contributed by atoms with van der Waals surface area (Å²) >= 11 is 1.54. The molecule has 2 aromatic heterocycles. The normalized spacial score (nSPS) is 10.7. The predicted molar refractivity (Wildman–Crippen MR) is 79.4 cm³/mol. The number of anilines is 1. The molecule has 0 amide bonds. The van der Waals surface area contributed by atoms with Crippen molar-refractivity contribution >= 4 is 27.5 Å². The molecule has 2 N–H and O–H groups in total. The Balaban J connectivity index is 2.02. The third kappa shape index (κ3) is 2.43. The molecule has 0 unspecified atom stereocenters. The van der Waals surface area contributed by atoms with Crippen molar-refractivity contribution < 1.29 is 9.84 Å². The molecule has 0 aliphatic rings. The molecule has 0 bridgehead atoms. The lowest BCUT2D eigenvalue weighted by Crippen LogP contribution is -1.98. The molecule has 20 heavy (non-hydrogen) atoms. The fourth-order valence-corrected chi connectivity index (χ4v) is 2.59. The molecule has 0 fully saturated rings. The van der Waals surface area contributed by atoms with E-state index in [-0.39, 0.29) is 6.61 Å². The number of aromatic nitrogens is 2. The molecule has 3 aromatic rings. The van der Waals surface area contributed by atoms with Crippen molar-refractivity contribution in [2.75, 3.05) is 12.4 Å². The van der Waals surface area contributed by atoms with E-state index in [2.05, 4.69) is 15.3 Å². The molecule has 2 heterocycles. The molecule has 0 atom stereocenters. The second-order valence-corrected chi connectivity index (χ2v) is 5.04. The Bertz CT molecular complexity index is 742. The summed E-state index contributed by atoms with van der Waals surface area (Å²) < 4.78 is 5.84. The highest BCUT2D eigenvalue weighted by molar-refractivity contribution is 7.16. The molecular weight excluding hydrogens is 274 g/mol. The van der Waals surface area contributed by atoms with Gasteiger partial charge in [0.05, 0.1) is 12.0 Å². The van der Waals surface area contributed by atoms with Gasteiger partial charge in [-0.2, -0.15) is 4.98 Å². The highest BCUT2D eigenvalue weighted by Crippen LogP contribution is 2.31. The van der Waals surface area contributed by atoms with Crippen molar-refractivity contribution in [3.05, 3.63) is 41.3 Å². The van der Waals surface area contributed by atoms with Gasteiger partial charge in [-0.05, 0) is 29.1 Å². The minimum atomic E-state index is -0.0173. The Morgan fingerprint density at radius 2 is 2.20 bits per heavy atom. The van der Waals surface area contributed by atoms with E-state index in [1.807, 2.05) is 29.6 Å². The molecule has 102 valence electrons. The topological polar surface area (TPSA) is 67.3 Å². The highest BCUT2D eigenvalue weighted by atomic mass is 32.1. The number of aliphatic hydroxyl groups excluding tert-OH is 1. The Kier molecular flexibility index (Phi) is 3.49. The maximum atomic E-state index is 9.16. The minimum absolute atomic E-state index is 0.0173. The summed E-state index contributed by atoms with van der Waals surface area (Å²) in [6, 6.07) is 9.24.